The van der Waals surface area contributed by atoms with Crippen molar-refractivity contribution in [2.45, 2.75) is 13.1 Å². The number of hydrogen-bond acceptors (Lipinski definition) is 2. The first-order valence-corrected chi connectivity index (χ1v) is 10.1. The third-order valence-electron chi connectivity index (χ3n) is 4.81. The predicted molar refractivity (Wildman–Crippen MR) is 116 cm³/mol. The second-order valence-electron chi connectivity index (χ2n) is 6.92. The smallest absolute Gasteiger partial charge is 0.341 e. The molecule has 0 aliphatic carbocycles. The molecule has 0 atom stereocenters. The molecule has 1 heterocycles. The zero-order valence-corrected chi connectivity index (χ0v) is 17.5. The Morgan fingerprint density at radius 2 is 1.73 bits per heavy atom. The predicted octanol–water partition coefficient (Wildman–Crippen LogP) is 4.80. The van der Waals surface area contributed by atoms with Gasteiger partial charge in [0, 0.05) is 5.56 Å². The minimum atomic E-state index is -1.01. The van der Waals surface area contributed by atoms with Crippen LogP contribution in [0.25, 0.3) is 10.8 Å². The molecule has 152 valence electrons. The van der Waals surface area contributed by atoms with Crippen molar-refractivity contribution >= 4 is 39.9 Å². The number of imidazole rings is 1. The Morgan fingerprint density at radius 1 is 1.00 bits per heavy atom. The van der Waals surface area contributed by atoms with Crippen LogP contribution in [-0.2, 0) is 17.9 Å². The van der Waals surface area contributed by atoms with Crippen LogP contribution < -0.4 is 9.30 Å². The second-order valence-corrected chi connectivity index (χ2v) is 7.63. The molecular weight excluding hydrogens is 423 g/mol. The van der Waals surface area contributed by atoms with Gasteiger partial charge in [-0.2, -0.15) is 0 Å². The Bertz CT molecular complexity index is 1200. The van der Waals surface area contributed by atoms with Gasteiger partial charge in [-0.3, -0.25) is 0 Å². The van der Waals surface area contributed by atoms with Crippen molar-refractivity contribution in [1.29, 1.82) is 0 Å². The van der Waals surface area contributed by atoms with E-state index in [1.54, 1.807) is 12.1 Å². The fourth-order valence-electron chi connectivity index (χ4n) is 3.37. The minimum Gasteiger partial charge on any atom is -0.482 e. The van der Waals surface area contributed by atoms with Crippen molar-refractivity contribution in [2.24, 2.45) is 0 Å². The highest BCUT2D eigenvalue weighted by Crippen LogP contribution is 2.24. The van der Waals surface area contributed by atoms with E-state index in [2.05, 4.69) is 24.3 Å². The molecular formula is C23H19Cl2N2O3+. The number of carbonyl (C=O) groups is 1. The summed E-state index contributed by atoms with van der Waals surface area (Å²) in [5.41, 5.74) is 2.15. The number of carboxylic acids is 1. The zero-order chi connectivity index (χ0) is 21.1. The molecule has 0 amide bonds. The van der Waals surface area contributed by atoms with E-state index in [-0.39, 0.29) is 6.61 Å². The van der Waals surface area contributed by atoms with E-state index in [9.17, 15) is 4.79 Å². The summed E-state index contributed by atoms with van der Waals surface area (Å²) in [7, 11) is 0. The summed E-state index contributed by atoms with van der Waals surface area (Å²) in [6, 6.07) is 21.7. The zero-order valence-electron chi connectivity index (χ0n) is 16.0. The maximum atomic E-state index is 10.6. The second kappa shape index (κ2) is 8.78. The number of carboxylic acid groups (broad SMARTS) is 1. The van der Waals surface area contributed by atoms with Crippen LogP contribution in [0.15, 0.2) is 73.1 Å². The van der Waals surface area contributed by atoms with Gasteiger partial charge in [-0.15, -0.1) is 0 Å². The number of ether oxygens (including phenoxy) is 1. The van der Waals surface area contributed by atoms with Gasteiger partial charge < -0.3 is 9.84 Å². The molecule has 1 aromatic heterocycles. The van der Waals surface area contributed by atoms with E-state index in [1.807, 2.05) is 45.8 Å². The maximum absolute atomic E-state index is 10.6. The lowest BCUT2D eigenvalue weighted by Crippen LogP contribution is -2.33. The van der Waals surface area contributed by atoms with Crippen molar-refractivity contribution in [3.05, 3.63) is 94.5 Å². The number of halogens is 2. The molecule has 4 aromatic rings. The van der Waals surface area contributed by atoms with Gasteiger partial charge in [-0.25, -0.2) is 13.9 Å². The number of fused-ring (bicyclic) bond motifs is 1. The summed E-state index contributed by atoms with van der Waals surface area (Å²) in [5, 5.41) is 12.0. The lowest BCUT2D eigenvalue weighted by molar-refractivity contribution is -0.685. The largest absolute Gasteiger partial charge is 0.482 e. The van der Waals surface area contributed by atoms with Gasteiger partial charge in [0.2, 0.25) is 6.33 Å². The minimum absolute atomic E-state index is 0.369. The van der Waals surface area contributed by atoms with Crippen LogP contribution in [0.5, 0.6) is 5.75 Å². The van der Waals surface area contributed by atoms with Crippen molar-refractivity contribution in [1.82, 2.24) is 4.57 Å². The number of benzene rings is 3. The van der Waals surface area contributed by atoms with E-state index in [0.29, 0.717) is 29.1 Å². The maximum Gasteiger partial charge on any atom is 0.341 e. The average molecular weight is 442 g/mol. The molecule has 0 saturated heterocycles. The Kier molecular flexibility index (Phi) is 5.93. The van der Waals surface area contributed by atoms with Gasteiger partial charge in [0.1, 0.15) is 18.8 Å². The van der Waals surface area contributed by atoms with E-state index >= 15 is 0 Å². The molecule has 0 unspecified atom stereocenters. The SMILES string of the molecule is O=C(O)COc1ccc(C[n+]2cn(Cc3cccc4ccccc34)c(Cl)c2Cl)cc1. The van der Waals surface area contributed by atoms with Crippen LogP contribution in [0.4, 0.5) is 0 Å². The first kappa shape index (κ1) is 20.3. The van der Waals surface area contributed by atoms with Gasteiger partial charge in [0.05, 0.1) is 0 Å². The van der Waals surface area contributed by atoms with E-state index in [1.165, 1.54) is 10.8 Å². The Hall–Kier alpha value is -3.02. The molecule has 0 fully saturated rings. The summed E-state index contributed by atoms with van der Waals surface area (Å²) >= 11 is 13.0. The van der Waals surface area contributed by atoms with Crippen LogP contribution in [0.2, 0.25) is 10.3 Å². The number of hydrogen-bond donors (Lipinski definition) is 1. The number of nitrogens with zero attached hydrogens (tertiary/aromatic N) is 2. The van der Waals surface area contributed by atoms with Crippen molar-refractivity contribution in [3.8, 4) is 5.75 Å². The van der Waals surface area contributed by atoms with Gasteiger partial charge in [-0.1, -0.05) is 54.6 Å². The van der Waals surface area contributed by atoms with Crippen molar-refractivity contribution in [2.75, 3.05) is 6.61 Å². The molecule has 3 aromatic carbocycles. The summed E-state index contributed by atoms with van der Waals surface area (Å²) in [6.45, 7) is 0.766. The van der Waals surface area contributed by atoms with Crippen LogP contribution in [-0.4, -0.2) is 22.2 Å². The standard InChI is InChI=1S/C23H18Cl2N2O3/c24-22-23(25)27(13-18-6-3-5-17-4-1-2-7-20(17)18)15-26(22)12-16-8-10-19(11-9-16)30-14-21(28)29/h1-11,15H,12-14H2/p+1. The molecule has 0 radical (unpaired) electrons. The summed E-state index contributed by atoms with van der Waals surface area (Å²) in [4.78, 5) is 10.6. The molecule has 30 heavy (non-hydrogen) atoms. The highest BCUT2D eigenvalue weighted by Gasteiger charge is 2.21. The highest BCUT2D eigenvalue weighted by molar-refractivity contribution is 6.39. The quantitative estimate of drug-likeness (QED) is 0.419. The third kappa shape index (κ3) is 4.42. The topological polar surface area (TPSA) is 55.3 Å². The molecule has 0 aliphatic heterocycles. The van der Waals surface area contributed by atoms with Crippen LogP contribution in [0.1, 0.15) is 11.1 Å². The number of rotatable bonds is 7. The fraction of sp³-hybridized carbons (Fsp3) is 0.130. The van der Waals surface area contributed by atoms with E-state index in [4.69, 9.17) is 33.0 Å². The Balaban J connectivity index is 1.54. The highest BCUT2D eigenvalue weighted by atomic mass is 35.5. The van der Waals surface area contributed by atoms with Gasteiger partial charge in [-0.05, 0) is 51.7 Å². The van der Waals surface area contributed by atoms with Gasteiger partial charge >= 0.3 is 5.97 Å². The average Bonchev–Trinajstić information content (AvgIpc) is 3.01. The lowest BCUT2D eigenvalue weighted by atomic mass is 10.0. The molecule has 4 rings (SSSR count). The van der Waals surface area contributed by atoms with E-state index < -0.39 is 5.97 Å². The third-order valence-corrected chi connectivity index (χ3v) is 5.70. The van der Waals surface area contributed by atoms with Gasteiger partial charge in [0.25, 0.3) is 10.3 Å². The molecule has 5 nitrogen and oxygen atoms in total. The molecule has 7 heteroatoms. The monoisotopic (exact) mass is 441 g/mol. The molecule has 1 N–H and O–H groups in total. The summed E-state index contributed by atoms with van der Waals surface area (Å²) in [6.07, 6.45) is 1.90. The Morgan fingerprint density at radius 3 is 2.50 bits per heavy atom. The first-order chi connectivity index (χ1) is 14.5. The van der Waals surface area contributed by atoms with Crippen LogP contribution in [0, 0.1) is 0 Å². The first-order valence-electron chi connectivity index (χ1n) is 9.35. The number of aliphatic carboxylic acids is 1. The molecule has 0 aliphatic rings. The normalized spacial score (nSPS) is 11.0. The summed E-state index contributed by atoms with van der Waals surface area (Å²) < 4.78 is 8.97. The lowest BCUT2D eigenvalue weighted by Gasteiger charge is -2.05. The summed E-state index contributed by atoms with van der Waals surface area (Å²) in [5.74, 6) is -0.507. The van der Waals surface area contributed by atoms with Gasteiger partial charge in [0.15, 0.2) is 6.61 Å². The number of aromatic nitrogens is 2. The molecule has 0 spiro atoms. The van der Waals surface area contributed by atoms with Crippen LogP contribution in [0.3, 0.4) is 0 Å². The van der Waals surface area contributed by atoms with E-state index in [0.717, 1.165) is 11.1 Å². The molecule has 0 bridgehead atoms. The van der Waals surface area contributed by atoms with Crippen molar-refractivity contribution < 1.29 is 19.2 Å². The van der Waals surface area contributed by atoms with Crippen molar-refractivity contribution in [3.63, 3.8) is 0 Å². The molecule has 0 saturated carbocycles. The van der Waals surface area contributed by atoms with Crippen LogP contribution >= 0.6 is 23.2 Å². The fourth-order valence-corrected chi connectivity index (χ4v) is 3.80. The Labute approximate surface area is 183 Å².